The first-order chi connectivity index (χ1) is 16.1. The average Bonchev–Trinajstić information content (AvgIpc) is 3.57. The molecule has 0 unspecified atom stereocenters. The molecule has 1 amide bonds. The lowest BCUT2D eigenvalue weighted by atomic mass is 10.0. The standard InChI is InChI=1S/C27H26N2O4/c1-18-24(30)20-11-7-12-21(26(20)33-25(18)19-9-3-2-4-10-19)27(31)28-17-22(23-13-8-16-32-23)29-14-5-6-15-29/h2-4,7-13,16,22H,5-6,14-15,17H2,1H3,(H,28,31)/t22-/m0/s1. The molecule has 33 heavy (non-hydrogen) atoms. The fraction of sp³-hybridized carbons (Fsp3) is 0.259. The Kier molecular flexibility index (Phi) is 5.84. The Morgan fingerprint density at radius 1 is 1.03 bits per heavy atom. The maximum absolute atomic E-state index is 13.3. The van der Waals surface area contributed by atoms with Crippen LogP contribution in [0, 0.1) is 6.92 Å². The van der Waals surface area contributed by atoms with Crippen LogP contribution in [0.25, 0.3) is 22.3 Å². The van der Waals surface area contributed by atoms with E-state index in [2.05, 4.69) is 10.2 Å². The van der Waals surface area contributed by atoms with E-state index in [1.807, 2.05) is 42.5 Å². The molecular weight excluding hydrogens is 416 g/mol. The lowest BCUT2D eigenvalue weighted by molar-refractivity contribution is 0.0934. The lowest BCUT2D eigenvalue weighted by Crippen LogP contribution is -2.36. The highest BCUT2D eigenvalue weighted by molar-refractivity contribution is 6.05. The number of fused-ring (bicyclic) bond motifs is 1. The number of rotatable bonds is 6. The van der Waals surface area contributed by atoms with Crippen molar-refractivity contribution < 1.29 is 13.6 Å². The number of nitrogens with one attached hydrogen (secondary N) is 1. The third kappa shape index (κ3) is 4.10. The first kappa shape index (κ1) is 21.2. The van der Waals surface area contributed by atoms with Gasteiger partial charge in [-0.05, 0) is 57.1 Å². The zero-order valence-electron chi connectivity index (χ0n) is 18.5. The van der Waals surface area contributed by atoms with Gasteiger partial charge in [-0.3, -0.25) is 14.5 Å². The molecule has 1 saturated heterocycles. The Morgan fingerprint density at radius 3 is 2.55 bits per heavy atom. The lowest BCUT2D eigenvalue weighted by Gasteiger charge is -2.26. The van der Waals surface area contributed by atoms with E-state index >= 15 is 0 Å². The molecule has 1 aliphatic rings. The minimum Gasteiger partial charge on any atom is -0.468 e. The highest BCUT2D eigenvalue weighted by atomic mass is 16.3. The number of nitrogens with zero attached hydrogens (tertiary/aromatic N) is 1. The van der Waals surface area contributed by atoms with Crippen LogP contribution in [-0.4, -0.2) is 30.4 Å². The van der Waals surface area contributed by atoms with Gasteiger partial charge in [0.2, 0.25) is 0 Å². The molecule has 0 radical (unpaired) electrons. The van der Waals surface area contributed by atoms with Crippen LogP contribution in [0.1, 0.15) is 40.6 Å². The third-order valence-corrected chi connectivity index (χ3v) is 6.33. The molecule has 0 saturated carbocycles. The van der Waals surface area contributed by atoms with E-state index in [9.17, 15) is 9.59 Å². The third-order valence-electron chi connectivity index (χ3n) is 6.33. The first-order valence-electron chi connectivity index (χ1n) is 11.3. The summed E-state index contributed by atoms with van der Waals surface area (Å²) in [6, 6.07) is 18.4. The molecule has 168 valence electrons. The Hall–Kier alpha value is -3.64. The van der Waals surface area contributed by atoms with Crippen molar-refractivity contribution in [2.75, 3.05) is 19.6 Å². The largest absolute Gasteiger partial charge is 0.468 e. The van der Waals surface area contributed by atoms with Gasteiger partial charge in [-0.1, -0.05) is 36.4 Å². The average molecular weight is 443 g/mol. The van der Waals surface area contributed by atoms with Crippen molar-refractivity contribution in [2.24, 2.45) is 0 Å². The van der Waals surface area contributed by atoms with Gasteiger partial charge in [-0.25, -0.2) is 0 Å². The molecule has 4 aromatic rings. The molecule has 6 nitrogen and oxygen atoms in total. The van der Waals surface area contributed by atoms with Gasteiger partial charge in [0, 0.05) is 17.7 Å². The van der Waals surface area contributed by atoms with Crippen molar-refractivity contribution in [1.29, 1.82) is 0 Å². The number of carbonyl (C=O) groups excluding carboxylic acids is 1. The Balaban J connectivity index is 1.48. The van der Waals surface area contributed by atoms with E-state index in [0.29, 0.717) is 34.4 Å². The Bertz CT molecular complexity index is 1320. The van der Waals surface area contributed by atoms with Gasteiger partial charge >= 0.3 is 0 Å². The second-order valence-corrected chi connectivity index (χ2v) is 8.42. The molecule has 0 spiro atoms. The highest BCUT2D eigenvalue weighted by Crippen LogP contribution is 2.28. The van der Waals surface area contributed by atoms with Gasteiger partial charge in [-0.15, -0.1) is 0 Å². The summed E-state index contributed by atoms with van der Waals surface area (Å²) in [7, 11) is 0. The SMILES string of the molecule is Cc1c(-c2ccccc2)oc2c(C(=O)NC[C@@H](c3ccco3)N3CCCC3)cccc2c1=O. The molecular formula is C27H26N2O4. The molecule has 2 aromatic heterocycles. The zero-order valence-corrected chi connectivity index (χ0v) is 18.5. The van der Waals surface area contributed by atoms with Gasteiger partial charge < -0.3 is 14.2 Å². The van der Waals surface area contributed by atoms with E-state index in [1.165, 1.54) is 0 Å². The van der Waals surface area contributed by atoms with Crippen molar-refractivity contribution in [3.8, 4) is 11.3 Å². The summed E-state index contributed by atoms with van der Waals surface area (Å²) >= 11 is 0. The second-order valence-electron chi connectivity index (χ2n) is 8.42. The zero-order chi connectivity index (χ0) is 22.8. The molecule has 6 heteroatoms. The maximum atomic E-state index is 13.3. The van der Waals surface area contributed by atoms with Crippen molar-refractivity contribution in [1.82, 2.24) is 10.2 Å². The van der Waals surface area contributed by atoms with Crippen LogP contribution in [0.2, 0.25) is 0 Å². The minimum absolute atomic E-state index is 0.0319. The fourth-order valence-corrected chi connectivity index (χ4v) is 4.58. The van der Waals surface area contributed by atoms with Crippen LogP contribution in [0.15, 0.2) is 80.6 Å². The molecule has 1 aliphatic heterocycles. The fourth-order valence-electron chi connectivity index (χ4n) is 4.58. The number of hydrogen-bond donors (Lipinski definition) is 1. The van der Waals surface area contributed by atoms with E-state index in [4.69, 9.17) is 8.83 Å². The van der Waals surface area contributed by atoms with E-state index in [-0.39, 0.29) is 17.4 Å². The number of carbonyl (C=O) groups is 1. The van der Waals surface area contributed by atoms with Gasteiger partial charge in [0.25, 0.3) is 5.91 Å². The Labute approximate surface area is 191 Å². The van der Waals surface area contributed by atoms with E-state index < -0.39 is 0 Å². The van der Waals surface area contributed by atoms with Gasteiger partial charge in [-0.2, -0.15) is 0 Å². The monoisotopic (exact) mass is 442 g/mol. The summed E-state index contributed by atoms with van der Waals surface area (Å²) in [4.78, 5) is 28.7. The van der Waals surface area contributed by atoms with Crippen LogP contribution < -0.4 is 10.7 Å². The molecule has 5 rings (SSSR count). The summed E-state index contributed by atoms with van der Waals surface area (Å²) in [6.45, 7) is 4.11. The topological polar surface area (TPSA) is 75.7 Å². The van der Waals surface area contributed by atoms with E-state index in [0.717, 1.165) is 37.3 Å². The maximum Gasteiger partial charge on any atom is 0.255 e. The highest BCUT2D eigenvalue weighted by Gasteiger charge is 2.27. The quantitative estimate of drug-likeness (QED) is 0.458. The van der Waals surface area contributed by atoms with Crippen molar-refractivity contribution in [3.05, 3.63) is 94.0 Å². The van der Waals surface area contributed by atoms with Crippen LogP contribution in [-0.2, 0) is 0 Å². The smallest absolute Gasteiger partial charge is 0.255 e. The van der Waals surface area contributed by atoms with Crippen LogP contribution >= 0.6 is 0 Å². The number of para-hydroxylation sites is 1. The predicted octanol–water partition coefficient (Wildman–Crippen LogP) is 4.93. The van der Waals surface area contributed by atoms with Crippen LogP contribution in [0.5, 0.6) is 0 Å². The minimum atomic E-state index is -0.276. The normalized spacial score (nSPS) is 15.1. The summed E-state index contributed by atoms with van der Waals surface area (Å²) in [6.07, 6.45) is 3.94. The molecule has 0 bridgehead atoms. The van der Waals surface area contributed by atoms with E-state index in [1.54, 1.807) is 31.4 Å². The van der Waals surface area contributed by atoms with Gasteiger partial charge in [0.1, 0.15) is 11.5 Å². The summed E-state index contributed by atoms with van der Waals surface area (Å²) in [5.41, 5.74) is 1.85. The molecule has 3 heterocycles. The van der Waals surface area contributed by atoms with Crippen molar-refractivity contribution >= 4 is 16.9 Å². The predicted molar refractivity (Wildman–Crippen MR) is 127 cm³/mol. The first-order valence-corrected chi connectivity index (χ1v) is 11.3. The molecule has 1 N–H and O–H groups in total. The van der Waals surface area contributed by atoms with Crippen LogP contribution in [0.3, 0.4) is 0 Å². The number of amides is 1. The van der Waals surface area contributed by atoms with Crippen LogP contribution in [0.4, 0.5) is 0 Å². The summed E-state index contributed by atoms with van der Waals surface area (Å²) in [5.74, 6) is 1.05. The second kappa shape index (κ2) is 9.08. The summed E-state index contributed by atoms with van der Waals surface area (Å²) in [5, 5.41) is 3.45. The van der Waals surface area contributed by atoms with Crippen molar-refractivity contribution in [2.45, 2.75) is 25.8 Å². The molecule has 1 atom stereocenters. The number of furan rings is 1. The summed E-state index contributed by atoms with van der Waals surface area (Å²) < 4.78 is 11.9. The number of benzene rings is 2. The Morgan fingerprint density at radius 2 is 1.82 bits per heavy atom. The number of hydrogen-bond acceptors (Lipinski definition) is 5. The number of likely N-dealkylation sites (tertiary alicyclic amines) is 1. The van der Waals surface area contributed by atoms with Gasteiger partial charge in [0.05, 0.1) is 23.3 Å². The van der Waals surface area contributed by atoms with Crippen molar-refractivity contribution in [3.63, 3.8) is 0 Å². The molecule has 1 fully saturated rings. The van der Waals surface area contributed by atoms with Gasteiger partial charge in [0.15, 0.2) is 11.0 Å². The molecule has 2 aromatic carbocycles. The molecule has 0 aliphatic carbocycles.